The second-order valence-corrected chi connectivity index (χ2v) is 9.32. The number of rotatable bonds is 5. The van der Waals surface area contributed by atoms with Crippen LogP contribution in [0.25, 0.3) is 0 Å². The summed E-state index contributed by atoms with van der Waals surface area (Å²) in [7, 11) is 3.28. The van der Waals surface area contributed by atoms with E-state index < -0.39 is 0 Å². The van der Waals surface area contributed by atoms with Crippen molar-refractivity contribution in [1.29, 1.82) is 0 Å². The van der Waals surface area contributed by atoms with Crippen molar-refractivity contribution in [1.82, 2.24) is 4.90 Å². The molecule has 2 heterocycles. The van der Waals surface area contributed by atoms with Crippen molar-refractivity contribution in [3.8, 4) is 11.5 Å². The van der Waals surface area contributed by atoms with E-state index in [1.165, 1.54) is 5.56 Å². The third-order valence-electron chi connectivity index (χ3n) is 7.06. The summed E-state index contributed by atoms with van der Waals surface area (Å²) in [6.07, 6.45) is 1.04. The number of methoxy groups -OCH3 is 2. The van der Waals surface area contributed by atoms with Gasteiger partial charge < -0.3 is 19.7 Å². The third kappa shape index (κ3) is 4.42. The molecule has 7 nitrogen and oxygen atoms in total. The van der Waals surface area contributed by atoms with E-state index in [1.54, 1.807) is 19.1 Å². The Morgan fingerprint density at radius 1 is 1.00 bits per heavy atom. The predicted octanol–water partition coefficient (Wildman–Crippen LogP) is 4.42. The molecule has 7 heteroatoms. The topological polar surface area (TPSA) is 71.1 Å². The van der Waals surface area contributed by atoms with Crippen LogP contribution >= 0.6 is 0 Å². The highest BCUT2D eigenvalue weighted by molar-refractivity contribution is 6.05. The van der Waals surface area contributed by atoms with Crippen molar-refractivity contribution in [2.75, 3.05) is 37.5 Å². The first-order valence-electron chi connectivity index (χ1n) is 12.2. The summed E-state index contributed by atoms with van der Waals surface area (Å²) in [5, 5.41) is 2.94. The smallest absolute Gasteiger partial charge is 0.241 e. The molecule has 0 spiro atoms. The van der Waals surface area contributed by atoms with Gasteiger partial charge in [0.05, 0.1) is 38.2 Å². The van der Waals surface area contributed by atoms with Gasteiger partial charge in [-0.3, -0.25) is 14.5 Å². The van der Waals surface area contributed by atoms with E-state index in [0.29, 0.717) is 17.2 Å². The molecule has 3 aromatic rings. The van der Waals surface area contributed by atoms with Crippen LogP contribution < -0.4 is 19.7 Å². The number of carbonyl (C=O) groups excluding carboxylic acids is 2. The standard InChI is InChI=1S/C29H31N3O4/c1-19-15-27(33)30-23-11-7-8-12-24(23)32(19)28(34)18-31-14-13-21-16-25(35-2)26(36-3)17-22(21)29(31)20-9-5-4-6-10-20/h4-12,16-17,19,29H,13-15,18H2,1-3H3,(H,30,33). The Morgan fingerprint density at radius 3 is 2.44 bits per heavy atom. The van der Waals surface area contributed by atoms with Crippen molar-refractivity contribution in [2.45, 2.75) is 31.8 Å². The summed E-state index contributed by atoms with van der Waals surface area (Å²) in [6.45, 7) is 2.87. The molecule has 2 unspecified atom stereocenters. The number of anilines is 2. The van der Waals surface area contributed by atoms with Gasteiger partial charge >= 0.3 is 0 Å². The van der Waals surface area contributed by atoms with Crippen LogP contribution in [0, 0.1) is 0 Å². The molecule has 36 heavy (non-hydrogen) atoms. The monoisotopic (exact) mass is 485 g/mol. The summed E-state index contributed by atoms with van der Waals surface area (Å²) in [5.41, 5.74) is 4.81. The lowest BCUT2D eigenvalue weighted by Gasteiger charge is -2.39. The minimum absolute atomic E-state index is 0.0312. The second kappa shape index (κ2) is 10.0. The van der Waals surface area contributed by atoms with Crippen molar-refractivity contribution in [2.24, 2.45) is 0 Å². The lowest BCUT2D eigenvalue weighted by atomic mass is 9.87. The van der Waals surface area contributed by atoms with Gasteiger partial charge in [-0.1, -0.05) is 42.5 Å². The first kappa shape index (κ1) is 23.9. The second-order valence-electron chi connectivity index (χ2n) is 9.32. The average molecular weight is 486 g/mol. The Hall–Kier alpha value is -3.84. The van der Waals surface area contributed by atoms with Crippen LogP contribution in [0.4, 0.5) is 11.4 Å². The molecule has 0 aromatic heterocycles. The van der Waals surface area contributed by atoms with Gasteiger partial charge in [-0.15, -0.1) is 0 Å². The zero-order valence-corrected chi connectivity index (χ0v) is 20.9. The van der Waals surface area contributed by atoms with Gasteiger partial charge in [0.15, 0.2) is 11.5 Å². The predicted molar refractivity (Wildman–Crippen MR) is 140 cm³/mol. The number of hydrogen-bond donors (Lipinski definition) is 1. The van der Waals surface area contributed by atoms with E-state index in [4.69, 9.17) is 9.47 Å². The maximum Gasteiger partial charge on any atom is 0.241 e. The molecule has 2 aliphatic rings. The van der Waals surface area contributed by atoms with Gasteiger partial charge in [0.25, 0.3) is 0 Å². The van der Waals surface area contributed by atoms with Crippen LogP contribution in [0.15, 0.2) is 66.7 Å². The molecule has 0 bridgehead atoms. The fourth-order valence-corrected chi connectivity index (χ4v) is 5.41. The van der Waals surface area contributed by atoms with Crippen molar-refractivity contribution < 1.29 is 19.1 Å². The number of fused-ring (bicyclic) bond motifs is 2. The first-order valence-corrected chi connectivity index (χ1v) is 12.2. The molecule has 2 atom stereocenters. The highest BCUT2D eigenvalue weighted by Gasteiger charge is 2.35. The van der Waals surface area contributed by atoms with Crippen molar-refractivity contribution >= 4 is 23.2 Å². The Bertz CT molecular complexity index is 1280. The molecular weight excluding hydrogens is 454 g/mol. The van der Waals surface area contributed by atoms with E-state index in [2.05, 4.69) is 22.3 Å². The molecule has 1 N–H and O–H groups in total. The highest BCUT2D eigenvalue weighted by atomic mass is 16.5. The molecule has 3 aromatic carbocycles. The number of carbonyl (C=O) groups is 2. The molecule has 5 rings (SSSR count). The summed E-state index contributed by atoms with van der Waals surface area (Å²) in [6, 6.07) is 21.5. The van der Waals surface area contributed by atoms with Gasteiger partial charge in [-0.2, -0.15) is 0 Å². The molecule has 0 aliphatic carbocycles. The first-order chi connectivity index (χ1) is 17.5. The lowest BCUT2D eigenvalue weighted by molar-refractivity contribution is -0.120. The van der Waals surface area contributed by atoms with Crippen molar-refractivity contribution in [3.63, 3.8) is 0 Å². The van der Waals surface area contributed by atoms with Gasteiger partial charge in [-0.25, -0.2) is 0 Å². The van der Waals surface area contributed by atoms with Gasteiger partial charge in [0, 0.05) is 19.0 Å². The number of amides is 2. The van der Waals surface area contributed by atoms with Crippen LogP contribution in [0.2, 0.25) is 0 Å². The maximum absolute atomic E-state index is 13.9. The number of benzene rings is 3. The largest absolute Gasteiger partial charge is 0.493 e. The quantitative estimate of drug-likeness (QED) is 0.580. The minimum atomic E-state index is -0.252. The van der Waals surface area contributed by atoms with Crippen LogP contribution in [-0.2, 0) is 16.0 Å². The molecular formula is C29H31N3O4. The Labute approximate surface area is 211 Å². The molecule has 0 saturated carbocycles. The molecule has 0 saturated heterocycles. The number of hydrogen-bond acceptors (Lipinski definition) is 5. The van der Waals surface area contributed by atoms with E-state index in [1.807, 2.05) is 61.5 Å². The van der Waals surface area contributed by atoms with E-state index in [0.717, 1.165) is 29.8 Å². The average Bonchev–Trinajstić information content (AvgIpc) is 3.02. The SMILES string of the molecule is COc1cc2c(cc1OC)C(c1ccccc1)N(CC(=O)N1c3ccccc3NC(=O)CC1C)CC2. The normalized spacial score (nSPS) is 19.5. The number of ether oxygens (including phenoxy) is 2. The molecule has 2 amide bonds. The van der Waals surface area contributed by atoms with E-state index in [-0.39, 0.29) is 36.9 Å². The van der Waals surface area contributed by atoms with Crippen LogP contribution in [-0.4, -0.2) is 50.1 Å². The van der Waals surface area contributed by atoms with Gasteiger partial charge in [0.1, 0.15) is 0 Å². The maximum atomic E-state index is 13.9. The molecule has 0 radical (unpaired) electrons. The molecule has 186 valence electrons. The zero-order valence-electron chi connectivity index (χ0n) is 20.9. The van der Waals surface area contributed by atoms with E-state index in [9.17, 15) is 9.59 Å². The Balaban J connectivity index is 1.52. The van der Waals surface area contributed by atoms with Gasteiger partial charge in [-0.05, 0) is 54.3 Å². The number of para-hydroxylation sites is 2. The summed E-state index contributed by atoms with van der Waals surface area (Å²) < 4.78 is 11.2. The molecule has 0 fully saturated rings. The van der Waals surface area contributed by atoms with Crippen LogP contribution in [0.3, 0.4) is 0 Å². The van der Waals surface area contributed by atoms with Crippen LogP contribution in [0.5, 0.6) is 11.5 Å². The fraction of sp³-hybridized carbons (Fsp3) is 0.310. The highest BCUT2D eigenvalue weighted by Crippen LogP contribution is 2.41. The van der Waals surface area contributed by atoms with Crippen LogP contribution in [0.1, 0.15) is 36.1 Å². The number of nitrogens with one attached hydrogen (secondary N) is 1. The number of nitrogens with zero attached hydrogens (tertiary/aromatic N) is 2. The lowest BCUT2D eigenvalue weighted by Crippen LogP contribution is -2.47. The summed E-state index contributed by atoms with van der Waals surface area (Å²) >= 11 is 0. The van der Waals surface area contributed by atoms with Gasteiger partial charge in [0.2, 0.25) is 11.8 Å². The zero-order chi connectivity index (χ0) is 25.2. The summed E-state index contributed by atoms with van der Waals surface area (Å²) in [5.74, 6) is 1.27. The van der Waals surface area contributed by atoms with E-state index >= 15 is 0 Å². The fourth-order valence-electron chi connectivity index (χ4n) is 5.41. The Morgan fingerprint density at radius 2 is 1.69 bits per heavy atom. The van der Waals surface area contributed by atoms with Crippen molar-refractivity contribution in [3.05, 3.63) is 83.4 Å². The molecule has 2 aliphatic heterocycles. The third-order valence-corrected chi connectivity index (χ3v) is 7.06. The minimum Gasteiger partial charge on any atom is -0.493 e. The summed E-state index contributed by atoms with van der Waals surface area (Å²) in [4.78, 5) is 30.3. The Kier molecular flexibility index (Phi) is 6.65.